The Labute approximate surface area is 113 Å². The summed E-state index contributed by atoms with van der Waals surface area (Å²) in [6.07, 6.45) is 5.91. The molecule has 3 nitrogen and oxygen atoms in total. The summed E-state index contributed by atoms with van der Waals surface area (Å²) in [4.78, 5) is 0. The van der Waals surface area contributed by atoms with Crippen molar-refractivity contribution >= 4 is 33.9 Å². The van der Waals surface area contributed by atoms with Crippen LogP contribution in [0, 0.1) is 2.88 Å². The van der Waals surface area contributed by atoms with Gasteiger partial charge in [0.05, 0.1) is 9.08 Å². The minimum Gasteiger partial charge on any atom is -0.324 e. The topological polar surface area (TPSA) is 43.8 Å². The molecule has 0 amide bonds. The van der Waals surface area contributed by atoms with Crippen molar-refractivity contribution in [2.75, 3.05) is 0 Å². The second-order valence-corrected chi connectivity index (χ2v) is 6.66. The maximum atomic E-state index is 6.14. The third-order valence-corrected chi connectivity index (χ3v) is 4.33. The Morgan fingerprint density at radius 2 is 2.44 bits per heavy atom. The highest BCUT2D eigenvalue weighted by molar-refractivity contribution is 14.1. The third-order valence-electron chi connectivity index (χ3n) is 2.52. The highest BCUT2D eigenvalue weighted by atomic mass is 127. The van der Waals surface area contributed by atoms with Crippen molar-refractivity contribution in [3.8, 4) is 0 Å². The van der Waals surface area contributed by atoms with Crippen molar-refractivity contribution in [2.24, 2.45) is 12.8 Å². The fourth-order valence-corrected chi connectivity index (χ4v) is 3.04. The van der Waals surface area contributed by atoms with E-state index in [0.29, 0.717) is 0 Å². The van der Waals surface area contributed by atoms with Crippen LogP contribution in [-0.2, 0) is 13.5 Å². The molecule has 2 aromatic heterocycles. The standard InChI is InChI=1S/C11H14IN3S/c1-15-6-8(5-14-15)2-3-10(13)9-4-11(12)16-7-9/h4-7,10H,2-3,13H2,1H3. The predicted octanol–water partition coefficient (Wildman–Crippen LogP) is 2.72. The zero-order valence-corrected chi connectivity index (χ0v) is 12.0. The molecular weight excluding hydrogens is 333 g/mol. The predicted molar refractivity (Wildman–Crippen MR) is 75.5 cm³/mol. The van der Waals surface area contributed by atoms with Gasteiger partial charge in [0, 0.05) is 19.3 Å². The van der Waals surface area contributed by atoms with Gasteiger partial charge in [-0.3, -0.25) is 4.68 Å². The first-order valence-electron chi connectivity index (χ1n) is 5.12. The van der Waals surface area contributed by atoms with E-state index < -0.39 is 0 Å². The molecule has 0 aliphatic carbocycles. The first kappa shape index (κ1) is 12.1. The van der Waals surface area contributed by atoms with Gasteiger partial charge in [0.2, 0.25) is 0 Å². The molecule has 0 saturated heterocycles. The molecular formula is C11H14IN3S. The second-order valence-electron chi connectivity index (χ2n) is 3.85. The fourth-order valence-electron chi connectivity index (χ4n) is 1.61. The summed E-state index contributed by atoms with van der Waals surface area (Å²) < 4.78 is 3.12. The Hall–Kier alpha value is -0.400. The third kappa shape index (κ3) is 3.05. The van der Waals surface area contributed by atoms with E-state index in [1.54, 1.807) is 11.3 Å². The quantitative estimate of drug-likeness (QED) is 0.865. The average molecular weight is 347 g/mol. The number of aromatic nitrogens is 2. The number of hydrogen-bond donors (Lipinski definition) is 1. The molecule has 2 heterocycles. The van der Waals surface area contributed by atoms with Gasteiger partial charge in [0.15, 0.2) is 0 Å². The fraction of sp³-hybridized carbons (Fsp3) is 0.364. The maximum Gasteiger partial charge on any atom is 0.0656 e. The molecule has 86 valence electrons. The van der Waals surface area contributed by atoms with Gasteiger partial charge in [-0.15, -0.1) is 11.3 Å². The molecule has 1 atom stereocenters. The molecule has 16 heavy (non-hydrogen) atoms. The van der Waals surface area contributed by atoms with E-state index in [9.17, 15) is 0 Å². The van der Waals surface area contributed by atoms with Gasteiger partial charge >= 0.3 is 0 Å². The second kappa shape index (κ2) is 5.29. The lowest BCUT2D eigenvalue weighted by atomic mass is 10.0. The first-order valence-corrected chi connectivity index (χ1v) is 7.08. The lowest BCUT2D eigenvalue weighted by molar-refractivity contribution is 0.653. The number of hydrogen-bond acceptors (Lipinski definition) is 3. The van der Waals surface area contributed by atoms with Crippen LogP contribution in [0.25, 0.3) is 0 Å². The number of rotatable bonds is 4. The monoisotopic (exact) mass is 347 g/mol. The molecule has 0 aliphatic heterocycles. The van der Waals surface area contributed by atoms with Crippen LogP contribution in [0.4, 0.5) is 0 Å². The molecule has 1 unspecified atom stereocenters. The maximum absolute atomic E-state index is 6.14. The Morgan fingerprint density at radius 3 is 3.00 bits per heavy atom. The van der Waals surface area contributed by atoms with Crippen LogP contribution < -0.4 is 5.73 Å². The van der Waals surface area contributed by atoms with Crippen LogP contribution >= 0.6 is 33.9 Å². The number of nitrogens with zero attached hydrogens (tertiary/aromatic N) is 2. The highest BCUT2D eigenvalue weighted by Crippen LogP contribution is 2.23. The summed E-state index contributed by atoms with van der Waals surface area (Å²) >= 11 is 4.08. The molecule has 0 aliphatic rings. The van der Waals surface area contributed by atoms with Crippen LogP contribution in [-0.4, -0.2) is 9.78 Å². The Balaban J connectivity index is 1.91. The van der Waals surface area contributed by atoms with E-state index >= 15 is 0 Å². The molecule has 2 N–H and O–H groups in total. The summed E-state index contributed by atoms with van der Waals surface area (Å²) in [6.45, 7) is 0. The highest BCUT2D eigenvalue weighted by Gasteiger charge is 2.08. The molecule has 2 rings (SSSR count). The summed E-state index contributed by atoms with van der Waals surface area (Å²) in [5.74, 6) is 0. The minimum atomic E-state index is 0.139. The van der Waals surface area contributed by atoms with E-state index in [1.165, 1.54) is 14.0 Å². The van der Waals surface area contributed by atoms with Crippen LogP contribution in [0.15, 0.2) is 23.8 Å². The number of aryl methyl sites for hydroxylation is 2. The van der Waals surface area contributed by atoms with E-state index in [4.69, 9.17) is 5.73 Å². The number of nitrogens with two attached hydrogens (primary N) is 1. The van der Waals surface area contributed by atoms with E-state index in [-0.39, 0.29) is 6.04 Å². The van der Waals surface area contributed by atoms with E-state index in [2.05, 4.69) is 39.1 Å². The van der Waals surface area contributed by atoms with Gasteiger partial charge in [-0.25, -0.2) is 0 Å². The summed E-state index contributed by atoms with van der Waals surface area (Å²) in [5, 5.41) is 6.30. The molecule has 0 spiro atoms. The van der Waals surface area contributed by atoms with Gasteiger partial charge in [-0.1, -0.05) is 0 Å². The number of thiophene rings is 1. The summed E-state index contributed by atoms with van der Waals surface area (Å²) in [7, 11) is 1.94. The van der Waals surface area contributed by atoms with E-state index in [1.807, 2.05) is 24.1 Å². The molecule has 0 aromatic carbocycles. The lowest BCUT2D eigenvalue weighted by Crippen LogP contribution is -2.10. The molecule has 0 bridgehead atoms. The Morgan fingerprint density at radius 1 is 1.62 bits per heavy atom. The van der Waals surface area contributed by atoms with Crippen LogP contribution in [0.3, 0.4) is 0 Å². The average Bonchev–Trinajstić information content (AvgIpc) is 2.84. The van der Waals surface area contributed by atoms with Crippen molar-refractivity contribution in [2.45, 2.75) is 18.9 Å². The SMILES string of the molecule is Cn1cc(CCC(N)c2csc(I)c2)cn1. The van der Waals surface area contributed by atoms with Gasteiger partial charge in [0.25, 0.3) is 0 Å². The largest absolute Gasteiger partial charge is 0.324 e. The molecule has 0 saturated carbocycles. The van der Waals surface area contributed by atoms with Crippen molar-refractivity contribution in [3.63, 3.8) is 0 Å². The van der Waals surface area contributed by atoms with Crippen molar-refractivity contribution in [1.82, 2.24) is 9.78 Å². The Kier molecular flexibility index (Phi) is 3.99. The zero-order chi connectivity index (χ0) is 11.5. The summed E-state index contributed by atoms with van der Waals surface area (Å²) in [6, 6.07) is 2.30. The smallest absolute Gasteiger partial charge is 0.0656 e. The minimum absolute atomic E-state index is 0.139. The molecule has 0 radical (unpaired) electrons. The van der Waals surface area contributed by atoms with Crippen molar-refractivity contribution in [1.29, 1.82) is 0 Å². The molecule has 5 heteroatoms. The lowest BCUT2D eigenvalue weighted by Gasteiger charge is -2.08. The van der Waals surface area contributed by atoms with Gasteiger partial charge in [-0.05, 0) is 58.0 Å². The van der Waals surface area contributed by atoms with Crippen LogP contribution in [0.1, 0.15) is 23.6 Å². The Bertz CT molecular complexity index is 463. The van der Waals surface area contributed by atoms with E-state index in [0.717, 1.165) is 12.8 Å². The van der Waals surface area contributed by atoms with Crippen LogP contribution in [0.2, 0.25) is 0 Å². The molecule has 0 fully saturated rings. The molecule has 2 aromatic rings. The van der Waals surface area contributed by atoms with Gasteiger partial charge < -0.3 is 5.73 Å². The number of halogens is 1. The van der Waals surface area contributed by atoms with Crippen molar-refractivity contribution < 1.29 is 0 Å². The van der Waals surface area contributed by atoms with Crippen molar-refractivity contribution in [3.05, 3.63) is 37.9 Å². The zero-order valence-electron chi connectivity index (χ0n) is 9.06. The normalized spacial score (nSPS) is 12.9. The van der Waals surface area contributed by atoms with Gasteiger partial charge in [-0.2, -0.15) is 5.10 Å². The van der Waals surface area contributed by atoms with Crippen LogP contribution in [0.5, 0.6) is 0 Å². The van der Waals surface area contributed by atoms with Gasteiger partial charge in [0.1, 0.15) is 0 Å². The first-order chi connectivity index (χ1) is 7.65. The summed E-state index contributed by atoms with van der Waals surface area (Å²) in [5.41, 5.74) is 8.64.